The first kappa shape index (κ1) is 13.0. The Morgan fingerprint density at radius 2 is 1.94 bits per heavy atom. The molecule has 0 atom stereocenters. The van der Waals surface area contributed by atoms with E-state index in [4.69, 9.17) is 11.6 Å². The molecule has 0 aromatic carbocycles. The lowest BCUT2D eigenvalue weighted by atomic mass is 10.2. The summed E-state index contributed by atoms with van der Waals surface area (Å²) in [6, 6.07) is 3.95. The summed E-state index contributed by atoms with van der Waals surface area (Å²) in [5.74, 6) is 3.07. The summed E-state index contributed by atoms with van der Waals surface area (Å²) in [7, 11) is 0. The van der Waals surface area contributed by atoms with Crippen LogP contribution in [0.25, 0.3) is 5.82 Å². The summed E-state index contributed by atoms with van der Waals surface area (Å²) < 4.78 is 1.82. The minimum Gasteiger partial charge on any atom is -0.234 e. The largest absolute Gasteiger partial charge is 0.234 e. The third kappa shape index (κ3) is 2.53. The van der Waals surface area contributed by atoms with Crippen LogP contribution in [0.4, 0.5) is 0 Å². The summed E-state index contributed by atoms with van der Waals surface area (Å²) in [5, 5.41) is 4.49. The highest BCUT2D eigenvalue weighted by Crippen LogP contribution is 2.14. The molecule has 0 unspecified atom stereocenters. The van der Waals surface area contributed by atoms with Crippen LogP contribution >= 0.6 is 11.6 Å². The number of nitrogens with zero attached hydrogens (tertiary/aromatic N) is 4. The summed E-state index contributed by atoms with van der Waals surface area (Å²) in [5.41, 5.74) is 1.99. The minimum atomic E-state index is 0.479. The predicted molar refractivity (Wildman–Crippen MR) is 72.2 cm³/mol. The molecule has 18 heavy (non-hydrogen) atoms. The highest BCUT2D eigenvalue weighted by Gasteiger charge is 2.11. The molecule has 2 aromatic rings. The van der Waals surface area contributed by atoms with Gasteiger partial charge < -0.3 is 0 Å². The Kier molecular flexibility index (Phi) is 3.97. The van der Waals surface area contributed by atoms with Crippen molar-refractivity contribution in [3.63, 3.8) is 0 Å². The molecule has 0 spiro atoms. The van der Waals surface area contributed by atoms with Gasteiger partial charge in [0.15, 0.2) is 11.6 Å². The van der Waals surface area contributed by atoms with E-state index in [1.54, 1.807) is 0 Å². The Bertz CT molecular complexity index is 548. The zero-order chi connectivity index (χ0) is 13.1. The first-order chi connectivity index (χ1) is 8.67. The molecular weight excluding hydrogens is 248 g/mol. The van der Waals surface area contributed by atoms with Gasteiger partial charge in [-0.3, -0.25) is 0 Å². The molecule has 2 rings (SSSR count). The number of alkyl halides is 1. The quantitative estimate of drug-likeness (QED) is 0.798. The van der Waals surface area contributed by atoms with Gasteiger partial charge in [-0.1, -0.05) is 13.8 Å². The van der Waals surface area contributed by atoms with E-state index in [1.165, 1.54) is 0 Å². The van der Waals surface area contributed by atoms with Gasteiger partial charge in [0, 0.05) is 24.4 Å². The van der Waals surface area contributed by atoms with E-state index in [-0.39, 0.29) is 0 Å². The van der Waals surface area contributed by atoms with Crippen molar-refractivity contribution < 1.29 is 0 Å². The molecular formula is C13H17ClN4. The normalized spacial score (nSPS) is 10.9. The molecule has 0 aliphatic heterocycles. The van der Waals surface area contributed by atoms with E-state index in [1.807, 2.05) is 30.7 Å². The van der Waals surface area contributed by atoms with Crippen molar-refractivity contribution in [2.75, 3.05) is 0 Å². The van der Waals surface area contributed by atoms with E-state index < -0.39 is 0 Å². The Hall–Kier alpha value is -1.42. The van der Waals surface area contributed by atoms with Crippen molar-refractivity contribution in [2.45, 2.75) is 39.5 Å². The highest BCUT2D eigenvalue weighted by molar-refractivity contribution is 6.17. The van der Waals surface area contributed by atoms with Crippen LogP contribution in [0.15, 0.2) is 12.1 Å². The van der Waals surface area contributed by atoms with Gasteiger partial charge in [-0.15, -0.1) is 16.7 Å². The van der Waals surface area contributed by atoms with Gasteiger partial charge in [0.05, 0.1) is 0 Å². The maximum Gasteiger partial charge on any atom is 0.156 e. The first-order valence-electron chi connectivity index (χ1n) is 6.16. The van der Waals surface area contributed by atoms with Crippen LogP contribution < -0.4 is 0 Å². The van der Waals surface area contributed by atoms with Gasteiger partial charge >= 0.3 is 0 Å². The van der Waals surface area contributed by atoms with Crippen molar-refractivity contribution >= 4 is 11.6 Å². The van der Waals surface area contributed by atoms with Gasteiger partial charge in [0.25, 0.3) is 0 Å². The van der Waals surface area contributed by atoms with E-state index >= 15 is 0 Å². The lowest BCUT2D eigenvalue weighted by molar-refractivity contribution is 0.764. The van der Waals surface area contributed by atoms with Crippen LogP contribution in [0.1, 0.15) is 36.8 Å². The van der Waals surface area contributed by atoms with Crippen LogP contribution in [0.3, 0.4) is 0 Å². The van der Waals surface area contributed by atoms with Crippen molar-refractivity contribution in [1.29, 1.82) is 0 Å². The van der Waals surface area contributed by atoms with Crippen molar-refractivity contribution in [3.8, 4) is 5.82 Å². The summed E-state index contributed by atoms with van der Waals surface area (Å²) in [6.45, 7) is 6.08. The van der Waals surface area contributed by atoms with Crippen molar-refractivity contribution in [1.82, 2.24) is 19.7 Å². The molecule has 2 heterocycles. The second-order valence-electron chi connectivity index (χ2n) is 4.17. The molecule has 5 heteroatoms. The number of pyridine rings is 1. The van der Waals surface area contributed by atoms with Crippen molar-refractivity contribution in [2.24, 2.45) is 0 Å². The van der Waals surface area contributed by atoms with E-state index in [9.17, 15) is 0 Å². The third-order valence-corrected chi connectivity index (χ3v) is 3.03. The van der Waals surface area contributed by atoms with E-state index in [2.05, 4.69) is 22.0 Å². The molecule has 0 saturated carbocycles. The summed E-state index contributed by atoms with van der Waals surface area (Å²) in [6.07, 6.45) is 1.66. The molecule has 4 nitrogen and oxygen atoms in total. The van der Waals surface area contributed by atoms with E-state index in [0.717, 1.165) is 41.6 Å². The average Bonchev–Trinajstić information content (AvgIpc) is 2.81. The molecule has 0 aliphatic rings. The number of halogens is 1. The van der Waals surface area contributed by atoms with E-state index in [0.29, 0.717) is 5.88 Å². The van der Waals surface area contributed by atoms with Gasteiger partial charge in [0.2, 0.25) is 0 Å². The lowest BCUT2D eigenvalue weighted by Gasteiger charge is -2.06. The zero-order valence-electron chi connectivity index (χ0n) is 10.9. The topological polar surface area (TPSA) is 43.6 Å². The Morgan fingerprint density at radius 3 is 2.56 bits per heavy atom. The molecule has 2 aromatic heterocycles. The fourth-order valence-corrected chi connectivity index (χ4v) is 2.01. The first-order valence-corrected chi connectivity index (χ1v) is 6.70. The number of rotatable bonds is 4. The molecule has 96 valence electrons. The van der Waals surface area contributed by atoms with Gasteiger partial charge in [0.1, 0.15) is 5.82 Å². The number of aromatic nitrogens is 4. The molecule has 0 N–H and O–H groups in total. The molecule has 0 radical (unpaired) electrons. The van der Waals surface area contributed by atoms with Crippen LogP contribution in [0.5, 0.6) is 0 Å². The fraction of sp³-hybridized carbons (Fsp3) is 0.462. The fourth-order valence-electron chi connectivity index (χ4n) is 1.86. The average molecular weight is 265 g/mol. The monoisotopic (exact) mass is 264 g/mol. The van der Waals surface area contributed by atoms with Gasteiger partial charge in [-0.05, 0) is 24.6 Å². The molecule has 0 saturated heterocycles. The number of aryl methyl sites for hydroxylation is 3. The standard InChI is InChI=1S/C13H17ClN4/c1-4-11-16-12(5-2)18(17-11)13-7-10(8-14)6-9(3)15-13/h6-7H,4-5,8H2,1-3H3. The highest BCUT2D eigenvalue weighted by atomic mass is 35.5. The molecule has 0 bridgehead atoms. The Labute approximate surface area is 112 Å². The number of hydrogen-bond donors (Lipinski definition) is 0. The van der Waals surface area contributed by atoms with Gasteiger partial charge in [-0.25, -0.2) is 9.97 Å². The SMILES string of the molecule is CCc1nc(CC)n(-c2cc(CCl)cc(C)n2)n1. The second kappa shape index (κ2) is 5.48. The lowest BCUT2D eigenvalue weighted by Crippen LogP contribution is -2.06. The maximum atomic E-state index is 5.89. The molecule has 0 fully saturated rings. The van der Waals surface area contributed by atoms with Crippen LogP contribution in [0, 0.1) is 6.92 Å². The summed E-state index contributed by atoms with van der Waals surface area (Å²) >= 11 is 5.89. The number of hydrogen-bond acceptors (Lipinski definition) is 3. The predicted octanol–water partition coefficient (Wildman–Crippen LogP) is 2.83. The van der Waals surface area contributed by atoms with Crippen LogP contribution in [0.2, 0.25) is 0 Å². The smallest absolute Gasteiger partial charge is 0.156 e. The summed E-state index contributed by atoms with van der Waals surface area (Å²) in [4.78, 5) is 9.00. The maximum absolute atomic E-state index is 5.89. The van der Waals surface area contributed by atoms with Crippen LogP contribution in [-0.2, 0) is 18.7 Å². The third-order valence-electron chi connectivity index (χ3n) is 2.72. The Morgan fingerprint density at radius 1 is 1.17 bits per heavy atom. The second-order valence-corrected chi connectivity index (χ2v) is 4.44. The zero-order valence-corrected chi connectivity index (χ0v) is 11.7. The van der Waals surface area contributed by atoms with Crippen LogP contribution in [-0.4, -0.2) is 19.7 Å². The molecule has 0 aliphatic carbocycles. The van der Waals surface area contributed by atoms with Gasteiger partial charge in [-0.2, -0.15) is 4.68 Å². The van der Waals surface area contributed by atoms with Crippen molar-refractivity contribution in [3.05, 3.63) is 35.0 Å². The minimum absolute atomic E-state index is 0.479. The Balaban J connectivity index is 2.53. The molecule has 0 amide bonds.